The highest BCUT2D eigenvalue weighted by molar-refractivity contribution is 5.60. The Bertz CT molecular complexity index is 664. The van der Waals surface area contributed by atoms with E-state index in [9.17, 15) is 0 Å². The first-order chi connectivity index (χ1) is 8.83. The number of pyridine rings is 1. The van der Waals surface area contributed by atoms with E-state index in [1.54, 1.807) is 18.3 Å². The molecule has 2 N–H and O–H groups in total. The molecule has 5 heteroatoms. The minimum atomic E-state index is 0.396. The molecule has 2 aromatic heterocycles. The van der Waals surface area contributed by atoms with E-state index in [0.29, 0.717) is 23.2 Å². The summed E-state index contributed by atoms with van der Waals surface area (Å²) in [7, 11) is 0. The Morgan fingerprint density at radius 2 is 1.83 bits per heavy atom. The highest BCUT2D eigenvalue weighted by atomic mass is 16.4. The van der Waals surface area contributed by atoms with E-state index < -0.39 is 0 Å². The smallest absolute Gasteiger partial charge is 0.266 e. The van der Waals surface area contributed by atoms with Crippen molar-refractivity contribution < 1.29 is 4.42 Å². The minimum Gasteiger partial charge on any atom is -0.415 e. The van der Waals surface area contributed by atoms with Crippen molar-refractivity contribution in [3.8, 4) is 23.0 Å². The van der Waals surface area contributed by atoms with E-state index in [-0.39, 0.29) is 0 Å². The molecule has 1 aromatic carbocycles. The molecule has 0 fully saturated rings. The minimum absolute atomic E-state index is 0.396. The molecular weight excluding hydrogens is 228 g/mol. The zero-order valence-electron chi connectivity index (χ0n) is 9.45. The maximum atomic E-state index is 5.71. The fourth-order valence-electron chi connectivity index (χ4n) is 1.60. The first kappa shape index (κ1) is 10.5. The molecule has 0 unspecified atom stereocenters. The lowest BCUT2D eigenvalue weighted by atomic mass is 10.2. The van der Waals surface area contributed by atoms with Crippen molar-refractivity contribution in [1.82, 2.24) is 15.2 Å². The van der Waals surface area contributed by atoms with Gasteiger partial charge in [-0.3, -0.25) is 4.98 Å². The van der Waals surface area contributed by atoms with Gasteiger partial charge in [-0.1, -0.05) is 12.1 Å². The van der Waals surface area contributed by atoms with E-state index in [1.807, 2.05) is 30.3 Å². The number of aromatic nitrogens is 3. The molecule has 0 aliphatic heterocycles. The molecule has 0 saturated heterocycles. The lowest BCUT2D eigenvalue weighted by molar-refractivity contribution is 0.582. The van der Waals surface area contributed by atoms with E-state index in [0.717, 1.165) is 5.56 Å². The lowest BCUT2D eigenvalue weighted by Crippen LogP contribution is -1.84. The second-order valence-corrected chi connectivity index (χ2v) is 3.75. The maximum absolute atomic E-state index is 5.71. The van der Waals surface area contributed by atoms with Gasteiger partial charge in [-0.15, -0.1) is 10.2 Å². The van der Waals surface area contributed by atoms with E-state index >= 15 is 0 Å². The number of hydrogen-bond acceptors (Lipinski definition) is 5. The van der Waals surface area contributed by atoms with Crippen LogP contribution in [0.1, 0.15) is 0 Å². The van der Waals surface area contributed by atoms with Crippen LogP contribution in [0.3, 0.4) is 0 Å². The van der Waals surface area contributed by atoms with Crippen LogP contribution in [0.2, 0.25) is 0 Å². The third-order valence-corrected chi connectivity index (χ3v) is 2.44. The lowest BCUT2D eigenvalue weighted by Gasteiger charge is -1.96. The summed E-state index contributed by atoms with van der Waals surface area (Å²) in [6, 6.07) is 12.8. The van der Waals surface area contributed by atoms with Crippen LogP contribution in [0.25, 0.3) is 23.0 Å². The number of nitrogens with zero attached hydrogens (tertiary/aromatic N) is 3. The van der Waals surface area contributed by atoms with Crippen molar-refractivity contribution in [1.29, 1.82) is 0 Å². The molecule has 2 heterocycles. The van der Waals surface area contributed by atoms with Crippen LogP contribution in [0.5, 0.6) is 0 Å². The molecule has 0 amide bonds. The molecule has 0 aliphatic carbocycles. The summed E-state index contributed by atoms with van der Waals surface area (Å²) in [6.45, 7) is 0. The number of nitrogen functional groups attached to an aromatic ring is 1. The van der Waals surface area contributed by atoms with Gasteiger partial charge < -0.3 is 10.2 Å². The van der Waals surface area contributed by atoms with Gasteiger partial charge in [0.2, 0.25) is 5.89 Å². The van der Waals surface area contributed by atoms with Gasteiger partial charge in [0.25, 0.3) is 5.89 Å². The molecule has 0 radical (unpaired) electrons. The fraction of sp³-hybridized carbons (Fsp3) is 0. The first-order valence-electron chi connectivity index (χ1n) is 5.44. The molecule has 0 atom stereocenters. The Hall–Kier alpha value is -2.69. The molecule has 18 heavy (non-hydrogen) atoms. The third kappa shape index (κ3) is 1.93. The third-order valence-electron chi connectivity index (χ3n) is 2.44. The summed E-state index contributed by atoms with van der Waals surface area (Å²) < 4.78 is 5.57. The van der Waals surface area contributed by atoms with Crippen LogP contribution in [0, 0.1) is 0 Å². The number of benzene rings is 1. The Balaban J connectivity index is 2.00. The SMILES string of the molecule is Nc1cccc(-c2nnc(-c3ccccn3)o2)c1. The first-order valence-corrected chi connectivity index (χ1v) is 5.44. The van der Waals surface area contributed by atoms with Gasteiger partial charge in [-0.05, 0) is 30.3 Å². The van der Waals surface area contributed by atoms with Gasteiger partial charge >= 0.3 is 0 Å². The van der Waals surface area contributed by atoms with Gasteiger partial charge in [0.15, 0.2) is 0 Å². The molecule has 3 rings (SSSR count). The fourth-order valence-corrected chi connectivity index (χ4v) is 1.60. The van der Waals surface area contributed by atoms with Crippen LogP contribution >= 0.6 is 0 Å². The number of rotatable bonds is 2. The van der Waals surface area contributed by atoms with Crippen LogP contribution in [0.4, 0.5) is 5.69 Å². The van der Waals surface area contributed by atoms with E-state index in [2.05, 4.69) is 15.2 Å². The van der Waals surface area contributed by atoms with Crippen molar-refractivity contribution in [2.75, 3.05) is 5.73 Å². The maximum Gasteiger partial charge on any atom is 0.266 e. The molecule has 0 aliphatic rings. The van der Waals surface area contributed by atoms with Crippen LogP contribution in [-0.2, 0) is 0 Å². The Labute approximate surface area is 103 Å². The van der Waals surface area contributed by atoms with Crippen LogP contribution < -0.4 is 5.73 Å². The number of hydrogen-bond donors (Lipinski definition) is 1. The highest BCUT2D eigenvalue weighted by Gasteiger charge is 2.10. The van der Waals surface area contributed by atoms with Gasteiger partial charge in [0, 0.05) is 17.4 Å². The zero-order chi connectivity index (χ0) is 12.4. The summed E-state index contributed by atoms with van der Waals surface area (Å²) in [5.74, 6) is 0.830. The summed E-state index contributed by atoms with van der Waals surface area (Å²) in [5.41, 5.74) is 7.82. The molecule has 0 saturated carbocycles. The molecule has 88 valence electrons. The van der Waals surface area contributed by atoms with Gasteiger partial charge in [-0.25, -0.2) is 0 Å². The second-order valence-electron chi connectivity index (χ2n) is 3.75. The molecule has 0 bridgehead atoms. The largest absolute Gasteiger partial charge is 0.415 e. The Morgan fingerprint density at radius 3 is 2.61 bits per heavy atom. The quantitative estimate of drug-likeness (QED) is 0.693. The molecule has 0 spiro atoms. The van der Waals surface area contributed by atoms with E-state index in [1.165, 1.54) is 0 Å². The van der Waals surface area contributed by atoms with Gasteiger partial charge in [0.05, 0.1) is 0 Å². The summed E-state index contributed by atoms with van der Waals surface area (Å²) in [6.07, 6.45) is 1.68. The average Bonchev–Trinajstić information content (AvgIpc) is 2.89. The van der Waals surface area contributed by atoms with Crippen LogP contribution in [0.15, 0.2) is 53.1 Å². The summed E-state index contributed by atoms with van der Waals surface area (Å²) in [5, 5.41) is 7.96. The summed E-state index contributed by atoms with van der Waals surface area (Å²) in [4.78, 5) is 4.15. The Kier molecular flexibility index (Phi) is 2.49. The zero-order valence-corrected chi connectivity index (χ0v) is 9.45. The Morgan fingerprint density at radius 1 is 0.944 bits per heavy atom. The standard InChI is InChI=1S/C13H10N4O/c14-10-5-3-4-9(8-10)12-16-17-13(18-12)11-6-1-2-7-15-11/h1-8H,14H2. The van der Waals surface area contributed by atoms with Gasteiger partial charge in [0.1, 0.15) is 5.69 Å². The van der Waals surface area contributed by atoms with E-state index in [4.69, 9.17) is 10.2 Å². The van der Waals surface area contributed by atoms with Crippen molar-refractivity contribution >= 4 is 5.69 Å². The number of anilines is 1. The monoisotopic (exact) mass is 238 g/mol. The summed E-state index contributed by atoms with van der Waals surface area (Å²) >= 11 is 0. The molecule has 5 nitrogen and oxygen atoms in total. The predicted octanol–water partition coefficient (Wildman–Crippen LogP) is 2.38. The van der Waals surface area contributed by atoms with Crippen LogP contribution in [-0.4, -0.2) is 15.2 Å². The highest BCUT2D eigenvalue weighted by Crippen LogP contribution is 2.23. The molecule has 3 aromatic rings. The van der Waals surface area contributed by atoms with Gasteiger partial charge in [-0.2, -0.15) is 0 Å². The average molecular weight is 238 g/mol. The molecular formula is C13H10N4O. The second kappa shape index (κ2) is 4.29. The topological polar surface area (TPSA) is 77.8 Å². The normalized spacial score (nSPS) is 10.4. The van der Waals surface area contributed by atoms with Crippen molar-refractivity contribution in [3.63, 3.8) is 0 Å². The van der Waals surface area contributed by atoms with Crippen molar-refractivity contribution in [2.45, 2.75) is 0 Å². The van der Waals surface area contributed by atoms with Crippen molar-refractivity contribution in [2.24, 2.45) is 0 Å². The van der Waals surface area contributed by atoms with Crippen molar-refractivity contribution in [3.05, 3.63) is 48.7 Å². The predicted molar refractivity (Wildman–Crippen MR) is 67.4 cm³/mol. The number of nitrogens with two attached hydrogens (primary N) is 1.